The van der Waals surface area contributed by atoms with E-state index in [0.29, 0.717) is 0 Å². The van der Waals surface area contributed by atoms with E-state index in [-0.39, 0.29) is 5.91 Å². The van der Waals surface area contributed by atoms with Crippen LogP contribution in [0.1, 0.15) is 28.8 Å². The highest BCUT2D eigenvalue weighted by Gasteiger charge is 2.23. The molecule has 2 nitrogen and oxygen atoms in total. The molecule has 0 N–H and O–H groups in total. The summed E-state index contributed by atoms with van der Waals surface area (Å²) in [6.45, 7) is 3.78. The van der Waals surface area contributed by atoms with Gasteiger partial charge in [0.05, 0.1) is 0 Å². The van der Waals surface area contributed by atoms with Crippen LogP contribution in [0.25, 0.3) is 0 Å². The summed E-state index contributed by atoms with van der Waals surface area (Å²) in [5.41, 5.74) is 1.94. The number of halogens is 2. The molecule has 1 fully saturated rings. The Labute approximate surface area is 125 Å². The quantitative estimate of drug-likeness (QED) is 0.716. The van der Waals surface area contributed by atoms with Crippen molar-refractivity contribution in [2.45, 2.75) is 19.8 Å². The van der Waals surface area contributed by atoms with Crippen LogP contribution in [-0.2, 0) is 0 Å². The number of alkyl halides is 1. The summed E-state index contributed by atoms with van der Waals surface area (Å²) in [7, 11) is 0. The minimum Gasteiger partial charge on any atom is -0.339 e. The number of hydrogen-bond acceptors (Lipinski definition) is 1. The zero-order valence-corrected chi connectivity index (χ0v) is 13.6. The third kappa shape index (κ3) is 3.15. The molecule has 1 aromatic carbocycles. The molecule has 2 rings (SSSR count). The van der Waals surface area contributed by atoms with Crippen molar-refractivity contribution in [1.82, 2.24) is 4.90 Å². The molecule has 0 saturated carbocycles. The molecule has 0 radical (unpaired) electrons. The second-order valence-electron chi connectivity index (χ2n) is 4.85. The van der Waals surface area contributed by atoms with Crippen LogP contribution < -0.4 is 0 Å². The van der Waals surface area contributed by atoms with Crippen LogP contribution in [0.5, 0.6) is 0 Å². The van der Waals surface area contributed by atoms with Crippen molar-refractivity contribution in [3.05, 3.63) is 33.8 Å². The van der Waals surface area contributed by atoms with Gasteiger partial charge in [-0.1, -0.05) is 37.9 Å². The molecule has 1 amide bonds. The number of piperidine rings is 1. The second kappa shape index (κ2) is 6.20. The molecule has 0 bridgehead atoms. The van der Waals surface area contributed by atoms with E-state index >= 15 is 0 Å². The fourth-order valence-corrected chi connectivity index (χ4v) is 3.23. The largest absolute Gasteiger partial charge is 0.339 e. The fourth-order valence-electron chi connectivity index (χ4n) is 2.20. The number of carbonyl (C=O) groups is 1. The van der Waals surface area contributed by atoms with E-state index in [1.807, 2.05) is 30.0 Å². The van der Waals surface area contributed by atoms with E-state index in [1.54, 1.807) is 0 Å². The smallest absolute Gasteiger partial charge is 0.253 e. The Morgan fingerprint density at radius 3 is 2.61 bits per heavy atom. The zero-order chi connectivity index (χ0) is 13.1. The summed E-state index contributed by atoms with van der Waals surface area (Å²) in [5, 5.41) is 1.05. The summed E-state index contributed by atoms with van der Waals surface area (Å²) in [6, 6.07) is 5.83. The second-order valence-corrected chi connectivity index (χ2v) is 6.36. The Morgan fingerprint density at radius 2 is 2.06 bits per heavy atom. The monoisotopic (exact) mass is 373 g/mol. The number of likely N-dealkylation sites (tertiary alicyclic amines) is 1. The van der Waals surface area contributed by atoms with Crippen LogP contribution in [0.3, 0.4) is 0 Å². The number of amides is 1. The Hall–Kier alpha value is -0.350. The van der Waals surface area contributed by atoms with Crippen LogP contribution >= 0.6 is 31.9 Å². The highest BCUT2D eigenvalue weighted by Crippen LogP contribution is 2.22. The summed E-state index contributed by atoms with van der Waals surface area (Å²) in [5.74, 6) is 0.877. The van der Waals surface area contributed by atoms with Gasteiger partial charge in [-0.15, -0.1) is 0 Å². The Bertz CT molecular complexity index is 439. The molecular formula is C14H17Br2NO. The summed E-state index contributed by atoms with van der Waals surface area (Å²) < 4.78 is 1.00. The normalized spacial score (nSPS) is 16.9. The first-order chi connectivity index (χ1) is 8.61. The molecule has 1 aliphatic rings. The zero-order valence-electron chi connectivity index (χ0n) is 10.5. The van der Waals surface area contributed by atoms with Crippen LogP contribution in [0, 0.1) is 12.8 Å². The molecule has 4 heteroatoms. The van der Waals surface area contributed by atoms with Crippen LogP contribution in [-0.4, -0.2) is 29.2 Å². The van der Waals surface area contributed by atoms with Gasteiger partial charge < -0.3 is 4.90 Å². The lowest BCUT2D eigenvalue weighted by Crippen LogP contribution is -2.38. The molecular weight excluding hydrogens is 358 g/mol. The first kappa shape index (κ1) is 14.1. The van der Waals surface area contributed by atoms with Crippen LogP contribution in [0.4, 0.5) is 0 Å². The van der Waals surface area contributed by atoms with Crippen molar-refractivity contribution < 1.29 is 4.79 Å². The van der Waals surface area contributed by atoms with Crippen molar-refractivity contribution >= 4 is 37.8 Å². The lowest BCUT2D eigenvalue weighted by Gasteiger charge is -2.31. The topological polar surface area (TPSA) is 20.3 Å². The van der Waals surface area contributed by atoms with Gasteiger partial charge in [0.25, 0.3) is 5.91 Å². The van der Waals surface area contributed by atoms with E-state index in [4.69, 9.17) is 0 Å². The highest BCUT2D eigenvalue weighted by molar-refractivity contribution is 9.10. The lowest BCUT2D eigenvalue weighted by atomic mass is 9.98. The van der Waals surface area contributed by atoms with Crippen molar-refractivity contribution in [1.29, 1.82) is 0 Å². The number of benzene rings is 1. The molecule has 1 heterocycles. The van der Waals surface area contributed by atoms with Gasteiger partial charge in [-0.3, -0.25) is 4.79 Å². The molecule has 18 heavy (non-hydrogen) atoms. The van der Waals surface area contributed by atoms with Crippen molar-refractivity contribution in [2.24, 2.45) is 5.92 Å². The number of nitrogens with zero attached hydrogens (tertiary/aromatic N) is 1. The Kier molecular flexibility index (Phi) is 4.84. The third-order valence-electron chi connectivity index (χ3n) is 3.54. The molecule has 0 spiro atoms. The molecule has 1 aromatic rings. The van der Waals surface area contributed by atoms with Gasteiger partial charge in [0.1, 0.15) is 0 Å². The average molecular weight is 375 g/mol. The first-order valence-corrected chi connectivity index (χ1v) is 8.14. The summed E-state index contributed by atoms with van der Waals surface area (Å²) in [6.07, 6.45) is 2.20. The molecule has 0 aromatic heterocycles. The standard InChI is InChI=1S/C14H17Br2NO/c1-10-2-3-12(8-13(10)16)14(18)17-6-4-11(9-15)5-7-17/h2-3,8,11H,4-7,9H2,1H3. The molecule has 1 aliphatic heterocycles. The van der Waals surface area contributed by atoms with Gasteiger partial charge >= 0.3 is 0 Å². The van der Waals surface area contributed by atoms with Gasteiger partial charge in [0.15, 0.2) is 0 Å². The van der Waals surface area contributed by atoms with Crippen LogP contribution in [0.2, 0.25) is 0 Å². The van der Waals surface area contributed by atoms with Gasteiger partial charge in [-0.2, -0.15) is 0 Å². The lowest BCUT2D eigenvalue weighted by molar-refractivity contribution is 0.0699. The molecule has 98 valence electrons. The molecule has 0 atom stereocenters. The molecule has 1 saturated heterocycles. The van der Waals surface area contributed by atoms with Crippen molar-refractivity contribution in [3.8, 4) is 0 Å². The first-order valence-electron chi connectivity index (χ1n) is 6.23. The van der Waals surface area contributed by atoms with Crippen molar-refractivity contribution in [2.75, 3.05) is 18.4 Å². The van der Waals surface area contributed by atoms with Crippen molar-refractivity contribution in [3.63, 3.8) is 0 Å². The number of aryl methyl sites for hydroxylation is 1. The van der Waals surface area contributed by atoms with E-state index in [9.17, 15) is 4.79 Å². The van der Waals surface area contributed by atoms with Gasteiger partial charge in [-0.25, -0.2) is 0 Å². The SMILES string of the molecule is Cc1ccc(C(=O)N2CCC(CBr)CC2)cc1Br. The summed E-state index contributed by atoms with van der Waals surface area (Å²) >= 11 is 7.00. The van der Waals surface area contributed by atoms with Gasteiger partial charge in [0, 0.05) is 28.5 Å². The van der Waals surface area contributed by atoms with Gasteiger partial charge in [-0.05, 0) is 43.4 Å². The minimum absolute atomic E-state index is 0.156. The number of rotatable bonds is 2. The van der Waals surface area contributed by atoms with Crippen LogP contribution in [0.15, 0.2) is 22.7 Å². The maximum Gasteiger partial charge on any atom is 0.253 e. The Balaban J connectivity index is 2.05. The average Bonchev–Trinajstić information content (AvgIpc) is 2.41. The maximum absolute atomic E-state index is 12.4. The molecule has 0 unspecified atom stereocenters. The van der Waals surface area contributed by atoms with E-state index in [0.717, 1.165) is 52.8 Å². The maximum atomic E-state index is 12.4. The number of hydrogen-bond donors (Lipinski definition) is 0. The van der Waals surface area contributed by atoms with E-state index < -0.39 is 0 Å². The minimum atomic E-state index is 0.156. The summed E-state index contributed by atoms with van der Waals surface area (Å²) in [4.78, 5) is 14.3. The van der Waals surface area contributed by atoms with E-state index in [1.165, 1.54) is 0 Å². The predicted molar refractivity (Wildman–Crippen MR) is 81.3 cm³/mol. The highest BCUT2D eigenvalue weighted by atomic mass is 79.9. The molecule has 0 aliphatic carbocycles. The Morgan fingerprint density at radius 1 is 1.39 bits per heavy atom. The third-order valence-corrected chi connectivity index (χ3v) is 5.31. The predicted octanol–water partition coefficient (Wildman–Crippen LogP) is 4.00. The fraction of sp³-hybridized carbons (Fsp3) is 0.500. The van der Waals surface area contributed by atoms with E-state index in [2.05, 4.69) is 31.9 Å². The number of carbonyl (C=O) groups excluding carboxylic acids is 1. The van der Waals surface area contributed by atoms with Gasteiger partial charge in [0.2, 0.25) is 0 Å².